The molecule has 0 aliphatic heterocycles. The van der Waals surface area contributed by atoms with Crippen molar-refractivity contribution in [2.45, 2.75) is 11.7 Å². The number of thioether (sulfide) groups is 1. The van der Waals surface area contributed by atoms with Crippen molar-refractivity contribution in [1.82, 2.24) is 9.97 Å². The quantitative estimate of drug-likeness (QED) is 0.727. The van der Waals surface area contributed by atoms with Crippen molar-refractivity contribution >= 4 is 17.8 Å². The van der Waals surface area contributed by atoms with Crippen LogP contribution < -0.4 is 5.56 Å². The van der Waals surface area contributed by atoms with Crippen LogP contribution in [0.4, 0.5) is 0 Å². The lowest BCUT2D eigenvalue weighted by molar-refractivity contribution is 0.900. The van der Waals surface area contributed by atoms with Gasteiger partial charge in [0, 0.05) is 17.4 Å². The molecule has 0 aromatic carbocycles. The summed E-state index contributed by atoms with van der Waals surface area (Å²) >= 11 is 1.78. The Morgan fingerprint density at radius 2 is 2.54 bits per heavy atom. The number of hydrogen-bond donors (Lipinski definition) is 1. The lowest BCUT2D eigenvalue weighted by atomic mass is 10.1. The van der Waals surface area contributed by atoms with Gasteiger partial charge in [0.15, 0.2) is 0 Å². The fourth-order valence-electron chi connectivity index (χ4n) is 1.38. The molecule has 0 saturated heterocycles. The molecular weight excluding hydrogens is 184 g/mol. The molecule has 1 N–H and O–H groups in total. The Bertz CT molecular complexity index is 397. The van der Waals surface area contributed by atoms with E-state index < -0.39 is 0 Å². The second-order valence-corrected chi connectivity index (χ2v) is 4.03. The van der Waals surface area contributed by atoms with Crippen LogP contribution >= 0.6 is 11.8 Å². The van der Waals surface area contributed by atoms with Crippen molar-refractivity contribution in [2.75, 3.05) is 6.26 Å². The Hall–Kier alpha value is -1.03. The largest absolute Gasteiger partial charge is 0.323 e. The molecule has 0 bridgehead atoms. The molecule has 1 atom stereocenters. The number of nitrogens with one attached hydrogen (secondary N) is 1. The fraction of sp³-hybridized carbons (Fsp3) is 0.333. The van der Waals surface area contributed by atoms with Crippen LogP contribution in [0.5, 0.6) is 0 Å². The van der Waals surface area contributed by atoms with E-state index >= 15 is 0 Å². The van der Waals surface area contributed by atoms with Crippen LogP contribution in [0.3, 0.4) is 0 Å². The molecule has 0 radical (unpaired) electrons. The van der Waals surface area contributed by atoms with Gasteiger partial charge in [-0.25, -0.2) is 4.98 Å². The van der Waals surface area contributed by atoms with Crippen molar-refractivity contribution in [3.05, 3.63) is 34.0 Å². The lowest BCUT2D eigenvalue weighted by Gasteiger charge is -2.15. The van der Waals surface area contributed by atoms with Crippen LogP contribution in [0.2, 0.25) is 0 Å². The topological polar surface area (TPSA) is 45.8 Å². The van der Waals surface area contributed by atoms with E-state index in [1.807, 2.05) is 6.08 Å². The van der Waals surface area contributed by atoms with Crippen molar-refractivity contribution < 1.29 is 0 Å². The summed E-state index contributed by atoms with van der Waals surface area (Å²) in [4.78, 5) is 17.8. The first-order valence-electron chi connectivity index (χ1n) is 4.09. The van der Waals surface area contributed by atoms with Gasteiger partial charge in [-0.1, -0.05) is 6.08 Å². The van der Waals surface area contributed by atoms with Crippen LogP contribution in [0.15, 0.2) is 17.1 Å². The maximum Gasteiger partial charge on any atom is 0.266 e. The highest BCUT2D eigenvalue weighted by atomic mass is 32.2. The van der Waals surface area contributed by atoms with E-state index in [1.165, 1.54) is 6.20 Å². The average Bonchev–Trinajstić information content (AvgIpc) is 2.16. The SMILES string of the molecule is CSC1C=Cc2ncc(=O)[nH]c2C1. The smallest absolute Gasteiger partial charge is 0.266 e. The van der Waals surface area contributed by atoms with Gasteiger partial charge in [0.1, 0.15) is 0 Å². The van der Waals surface area contributed by atoms with E-state index in [4.69, 9.17) is 0 Å². The predicted octanol–water partition coefficient (Wildman–Crippen LogP) is 1.07. The highest BCUT2D eigenvalue weighted by Crippen LogP contribution is 2.21. The van der Waals surface area contributed by atoms with Crippen LogP contribution in [0.1, 0.15) is 11.4 Å². The minimum absolute atomic E-state index is 0.117. The Kier molecular flexibility index (Phi) is 2.22. The molecule has 0 amide bonds. The van der Waals surface area contributed by atoms with Crippen LogP contribution in [0.25, 0.3) is 6.08 Å². The van der Waals surface area contributed by atoms with Crippen molar-refractivity contribution in [3.63, 3.8) is 0 Å². The molecule has 2 rings (SSSR count). The number of H-pyrrole nitrogens is 1. The standard InChI is InChI=1S/C9H10N2OS/c1-13-6-2-3-7-8(4-6)11-9(12)5-10-7/h2-3,5-6H,4H2,1H3,(H,11,12). The summed E-state index contributed by atoms with van der Waals surface area (Å²) in [6, 6.07) is 0. The first-order chi connectivity index (χ1) is 6.29. The minimum Gasteiger partial charge on any atom is -0.323 e. The molecule has 1 aromatic heterocycles. The van der Waals surface area contributed by atoms with Gasteiger partial charge in [-0.15, -0.1) is 0 Å². The summed E-state index contributed by atoms with van der Waals surface area (Å²) in [5.41, 5.74) is 1.73. The third-order valence-electron chi connectivity index (χ3n) is 2.08. The van der Waals surface area contributed by atoms with E-state index in [0.717, 1.165) is 17.8 Å². The third kappa shape index (κ3) is 1.67. The molecule has 3 nitrogen and oxygen atoms in total. The second-order valence-electron chi connectivity index (χ2n) is 2.95. The Labute approximate surface area is 80.3 Å². The van der Waals surface area contributed by atoms with Gasteiger partial charge in [0.2, 0.25) is 0 Å². The number of hydrogen-bond acceptors (Lipinski definition) is 3. The molecule has 0 saturated carbocycles. The van der Waals surface area contributed by atoms with Crippen LogP contribution in [-0.2, 0) is 6.42 Å². The highest BCUT2D eigenvalue weighted by Gasteiger charge is 2.13. The summed E-state index contributed by atoms with van der Waals surface area (Å²) < 4.78 is 0. The van der Waals surface area contributed by atoms with Gasteiger partial charge >= 0.3 is 0 Å². The van der Waals surface area contributed by atoms with Gasteiger partial charge in [0.05, 0.1) is 11.9 Å². The zero-order valence-corrected chi connectivity index (χ0v) is 8.10. The number of fused-ring (bicyclic) bond motifs is 1. The van der Waals surface area contributed by atoms with Gasteiger partial charge in [-0.2, -0.15) is 11.8 Å². The molecule has 1 heterocycles. The fourth-order valence-corrected chi connectivity index (χ4v) is 1.95. The zero-order chi connectivity index (χ0) is 9.26. The first kappa shape index (κ1) is 8.56. The maximum absolute atomic E-state index is 11.0. The normalized spacial score (nSPS) is 19.9. The molecule has 1 aliphatic carbocycles. The summed E-state index contributed by atoms with van der Waals surface area (Å²) in [6.07, 6.45) is 8.35. The van der Waals surface area contributed by atoms with Crippen molar-refractivity contribution in [3.8, 4) is 0 Å². The maximum atomic E-state index is 11.0. The molecule has 1 unspecified atom stereocenters. The molecule has 1 aliphatic rings. The van der Waals surface area contributed by atoms with Crippen LogP contribution in [-0.4, -0.2) is 21.5 Å². The van der Waals surface area contributed by atoms with Gasteiger partial charge in [-0.05, 0) is 12.3 Å². The number of rotatable bonds is 1. The molecule has 4 heteroatoms. The van der Waals surface area contributed by atoms with Gasteiger partial charge in [-0.3, -0.25) is 4.79 Å². The molecular formula is C9H10N2OS. The Morgan fingerprint density at radius 1 is 1.69 bits per heavy atom. The molecule has 0 spiro atoms. The van der Waals surface area contributed by atoms with E-state index in [0.29, 0.717) is 5.25 Å². The van der Waals surface area contributed by atoms with E-state index in [-0.39, 0.29) is 5.56 Å². The summed E-state index contributed by atoms with van der Waals surface area (Å²) in [6.45, 7) is 0. The predicted molar refractivity (Wildman–Crippen MR) is 54.9 cm³/mol. The van der Waals surface area contributed by atoms with Crippen molar-refractivity contribution in [1.29, 1.82) is 0 Å². The summed E-state index contributed by atoms with van der Waals surface area (Å²) in [5, 5.41) is 0.465. The molecule has 0 fully saturated rings. The number of nitrogens with zero attached hydrogens (tertiary/aromatic N) is 1. The molecule has 13 heavy (non-hydrogen) atoms. The van der Waals surface area contributed by atoms with E-state index in [2.05, 4.69) is 22.3 Å². The summed E-state index contributed by atoms with van der Waals surface area (Å²) in [7, 11) is 0. The van der Waals surface area contributed by atoms with Gasteiger partial charge in [0.25, 0.3) is 5.56 Å². The Balaban J connectivity index is 2.41. The third-order valence-corrected chi connectivity index (χ3v) is 3.01. The lowest BCUT2D eigenvalue weighted by Crippen LogP contribution is -2.17. The van der Waals surface area contributed by atoms with E-state index in [1.54, 1.807) is 11.8 Å². The monoisotopic (exact) mass is 194 g/mol. The Morgan fingerprint density at radius 3 is 3.31 bits per heavy atom. The van der Waals surface area contributed by atoms with Crippen molar-refractivity contribution in [2.24, 2.45) is 0 Å². The van der Waals surface area contributed by atoms with Crippen LogP contribution in [0, 0.1) is 0 Å². The van der Waals surface area contributed by atoms with E-state index in [9.17, 15) is 4.79 Å². The first-order valence-corrected chi connectivity index (χ1v) is 5.37. The van der Waals surface area contributed by atoms with Gasteiger partial charge < -0.3 is 4.98 Å². The highest BCUT2D eigenvalue weighted by molar-refractivity contribution is 7.99. The second kappa shape index (κ2) is 3.38. The molecule has 1 aromatic rings. The summed E-state index contributed by atoms with van der Waals surface area (Å²) in [5.74, 6) is 0. The molecule has 68 valence electrons. The number of aromatic nitrogens is 2. The minimum atomic E-state index is -0.117. The average molecular weight is 194 g/mol. The number of aromatic amines is 1. The zero-order valence-electron chi connectivity index (χ0n) is 7.28.